The maximum Gasteiger partial charge on any atom is 0.223 e. The molecule has 2 N–H and O–H groups in total. The van der Waals surface area contributed by atoms with Crippen LogP contribution in [-0.4, -0.2) is 27.6 Å². The Morgan fingerprint density at radius 2 is 2.47 bits per heavy atom. The molecule has 82 valence electrons. The van der Waals surface area contributed by atoms with Gasteiger partial charge in [0.25, 0.3) is 0 Å². The molecule has 0 radical (unpaired) electrons. The van der Waals surface area contributed by atoms with Crippen LogP contribution in [0, 0.1) is 5.92 Å². The van der Waals surface area contributed by atoms with E-state index in [1.54, 1.807) is 0 Å². The van der Waals surface area contributed by atoms with Crippen molar-refractivity contribution in [2.24, 2.45) is 5.92 Å². The third-order valence-corrected chi connectivity index (χ3v) is 2.83. The Labute approximate surface area is 88.7 Å². The zero-order valence-corrected chi connectivity index (χ0v) is 8.70. The second-order valence-electron chi connectivity index (χ2n) is 3.95. The Morgan fingerprint density at radius 1 is 1.60 bits per heavy atom. The molecule has 2 rings (SSSR count). The number of H-pyrrole nitrogens is 1. The Bertz CT molecular complexity index is 305. The van der Waals surface area contributed by atoms with E-state index in [2.05, 4.69) is 20.5 Å². The van der Waals surface area contributed by atoms with E-state index in [0.717, 1.165) is 38.1 Å². The average molecular weight is 208 g/mol. The normalized spacial score (nSPS) is 16.0. The van der Waals surface area contributed by atoms with Crippen LogP contribution in [0.25, 0.3) is 0 Å². The Hall–Kier alpha value is -1.39. The molecule has 0 aromatic carbocycles. The van der Waals surface area contributed by atoms with Gasteiger partial charge in [-0.15, -0.1) is 0 Å². The highest BCUT2D eigenvalue weighted by molar-refractivity contribution is 5.79. The van der Waals surface area contributed by atoms with Crippen molar-refractivity contribution >= 4 is 5.91 Å². The molecular formula is C10H16N4O. The van der Waals surface area contributed by atoms with Gasteiger partial charge in [0.1, 0.15) is 12.2 Å². The average Bonchev–Trinajstić information content (AvgIpc) is 2.62. The predicted octanol–water partition coefficient (Wildman–Crippen LogP) is 0.654. The van der Waals surface area contributed by atoms with Crippen LogP contribution in [0.5, 0.6) is 0 Å². The molecule has 0 unspecified atom stereocenters. The maximum absolute atomic E-state index is 11.4. The fourth-order valence-corrected chi connectivity index (χ4v) is 1.63. The van der Waals surface area contributed by atoms with Crippen molar-refractivity contribution in [1.29, 1.82) is 0 Å². The summed E-state index contributed by atoms with van der Waals surface area (Å²) in [7, 11) is 0. The van der Waals surface area contributed by atoms with Gasteiger partial charge < -0.3 is 5.32 Å². The largest absolute Gasteiger partial charge is 0.356 e. The lowest BCUT2D eigenvalue weighted by Crippen LogP contribution is -2.35. The maximum atomic E-state index is 11.4. The number of aryl methyl sites for hydroxylation is 1. The van der Waals surface area contributed by atoms with Gasteiger partial charge in [-0.1, -0.05) is 6.42 Å². The number of aromatic nitrogens is 3. The summed E-state index contributed by atoms with van der Waals surface area (Å²) >= 11 is 0. The highest BCUT2D eigenvalue weighted by Crippen LogP contribution is 2.25. The minimum absolute atomic E-state index is 0.221. The molecule has 0 aliphatic heterocycles. The number of amides is 1. The molecule has 0 bridgehead atoms. The summed E-state index contributed by atoms with van der Waals surface area (Å²) in [6.45, 7) is 0.732. The van der Waals surface area contributed by atoms with Crippen molar-refractivity contribution in [2.45, 2.75) is 32.1 Å². The summed E-state index contributed by atoms with van der Waals surface area (Å²) in [5, 5.41) is 9.51. The lowest BCUT2D eigenvalue weighted by molar-refractivity contribution is -0.127. The highest BCUT2D eigenvalue weighted by atomic mass is 16.1. The lowest BCUT2D eigenvalue weighted by atomic mass is 9.85. The highest BCUT2D eigenvalue weighted by Gasteiger charge is 2.24. The van der Waals surface area contributed by atoms with Crippen molar-refractivity contribution in [3.63, 3.8) is 0 Å². The van der Waals surface area contributed by atoms with Crippen LogP contribution in [0.1, 0.15) is 31.5 Å². The first kappa shape index (κ1) is 10.1. The van der Waals surface area contributed by atoms with Crippen LogP contribution in [0.15, 0.2) is 6.33 Å². The fourth-order valence-electron chi connectivity index (χ4n) is 1.63. The Balaban J connectivity index is 1.56. The number of carbonyl (C=O) groups is 1. The summed E-state index contributed by atoms with van der Waals surface area (Å²) < 4.78 is 0. The molecule has 0 spiro atoms. The number of nitrogens with one attached hydrogen (secondary N) is 2. The monoisotopic (exact) mass is 208 g/mol. The third-order valence-electron chi connectivity index (χ3n) is 2.83. The topological polar surface area (TPSA) is 70.7 Å². The van der Waals surface area contributed by atoms with E-state index in [-0.39, 0.29) is 11.8 Å². The van der Waals surface area contributed by atoms with Crippen molar-refractivity contribution in [2.75, 3.05) is 6.54 Å². The van der Waals surface area contributed by atoms with Gasteiger partial charge in [-0.25, -0.2) is 4.98 Å². The molecule has 1 aliphatic rings. The van der Waals surface area contributed by atoms with Gasteiger partial charge in [0.15, 0.2) is 0 Å². The quantitative estimate of drug-likeness (QED) is 0.698. The zero-order valence-electron chi connectivity index (χ0n) is 8.70. The van der Waals surface area contributed by atoms with Crippen LogP contribution >= 0.6 is 0 Å². The first-order valence-electron chi connectivity index (χ1n) is 5.48. The van der Waals surface area contributed by atoms with E-state index in [0.29, 0.717) is 0 Å². The molecule has 1 aromatic rings. The van der Waals surface area contributed by atoms with E-state index in [1.165, 1.54) is 12.7 Å². The van der Waals surface area contributed by atoms with E-state index in [4.69, 9.17) is 0 Å². The first-order valence-corrected chi connectivity index (χ1v) is 5.48. The molecule has 1 aromatic heterocycles. The van der Waals surface area contributed by atoms with E-state index < -0.39 is 0 Å². The second-order valence-corrected chi connectivity index (χ2v) is 3.95. The number of hydrogen-bond acceptors (Lipinski definition) is 3. The van der Waals surface area contributed by atoms with Crippen molar-refractivity contribution in [3.8, 4) is 0 Å². The molecular weight excluding hydrogens is 192 g/mol. The van der Waals surface area contributed by atoms with Gasteiger partial charge >= 0.3 is 0 Å². The van der Waals surface area contributed by atoms with Crippen LogP contribution < -0.4 is 5.32 Å². The Kier molecular flexibility index (Phi) is 3.32. The smallest absolute Gasteiger partial charge is 0.223 e. The third kappa shape index (κ3) is 2.78. The first-order chi connectivity index (χ1) is 7.36. The summed E-state index contributed by atoms with van der Waals surface area (Å²) in [5.41, 5.74) is 0. The zero-order chi connectivity index (χ0) is 10.5. The molecule has 1 amide bonds. The Morgan fingerprint density at radius 3 is 3.07 bits per heavy atom. The van der Waals surface area contributed by atoms with Crippen molar-refractivity contribution < 1.29 is 4.79 Å². The number of nitrogens with zero attached hydrogens (tertiary/aromatic N) is 2. The molecule has 0 atom stereocenters. The van der Waals surface area contributed by atoms with Gasteiger partial charge in [0.2, 0.25) is 5.91 Å². The van der Waals surface area contributed by atoms with Crippen molar-refractivity contribution in [1.82, 2.24) is 20.5 Å². The molecule has 0 saturated heterocycles. The van der Waals surface area contributed by atoms with Crippen LogP contribution in [0.4, 0.5) is 0 Å². The predicted molar refractivity (Wildman–Crippen MR) is 55.1 cm³/mol. The summed E-state index contributed by atoms with van der Waals surface area (Å²) in [5.74, 6) is 1.39. The van der Waals surface area contributed by atoms with Crippen LogP contribution in [-0.2, 0) is 11.2 Å². The molecule has 1 heterocycles. The second kappa shape index (κ2) is 4.91. The number of rotatable bonds is 5. The molecule has 1 aliphatic carbocycles. The standard InChI is InChI=1S/C10H16N4O/c15-10(8-3-1-4-8)11-6-2-5-9-12-7-13-14-9/h7-8H,1-6H2,(H,11,15)(H,12,13,14). The van der Waals surface area contributed by atoms with E-state index >= 15 is 0 Å². The van der Waals surface area contributed by atoms with Gasteiger partial charge in [-0.05, 0) is 19.3 Å². The lowest BCUT2D eigenvalue weighted by Gasteiger charge is -2.23. The van der Waals surface area contributed by atoms with Gasteiger partial charge in [-0.3, -0.25) is 9.89 Å². The molecule has 5 nitrogen and oxygen atoms in total. The number of carbonyl (C=O) groups excluding carboxylic acids is 1. The number of hydrogen-bond donors (Lipinski definition) is 2. The minimum Gasteiger partial charge on any atom is -0.356 e. The van der Waals surface area contributed by atoms with E-state index in [1.807, 2.05) is 0 Å². The minimum atomic E-state index is 0.221. The fraction of sp³-hybridized carbons (Fsp3) is 0.700. The van der Waals surface area contributed by atoms with E-state index in [9.17, 15) is 4.79 Å². The molecule has 1 saturated carbocycles. The van der Waals surface area contributed by atoms with Crippen molar-refractivity contribution in [3.05, 3.63) is 12.2 Å². The summed E-state index contributed by atoms with van der Waals surface area (Å²) in [4.78, 5) is 15.5. The number of aromatic amines is 1. The van der Waals surface area contributed by atoms with Gasteiger partial charge in [0.05, 0.1) is 0 Å². The van der Waals surface area contributed by atoms with Gasteiger partial charge in [-0.2, -0.15) is 5.10 Å². The SMILES string of the molecule is O=C(NCCCc1ncn[nH]1)C1CCC1. The molecule has 5 heteroatoms. The molecule has 1 fully saturated rings. The summed E-state index contributed by atoms with van der Waals surface area (Å²) in [6, 6.07) is 0. The molecule has 15 heavy (non-hydrogen) atoms. The van der Waals surface area contributed by atoms with Crippen LogP contribution in [0.3, 0.4) is 0 Å². The summed E-state index contributed by atoms with van der Waals surface area (Å²) in [6.07, 6.45) is 6.58. The van der Waals surface area contributed by atoms with Crippen LogP contribution in [0.2, 0.25) is 0 Å². The van der Waals surface area contributed by atoms with Gasteiger partial charge in [0, 0.05) is 18.9 Å².